The molecule has 0 bridgehead atoms. The number of ether oxygens (including phenoxy) is 1. The first-order chi connectivity index (χ1) is 9.13. The van der Waals surface area contributed by atoms with Gasteiger partial charge in [-0.05, 0) is 38.0 Å². The van der Waals surface area contributed by atoms with E-state index in [2.05, 4.69) is 10.6 Å². The fraction of sp³-hybridized carbons (Fsp3) is 0.429. The van der Waals surface area contributed by atoms with Crippen molar-refractivity contribution in [3.63, 3.8) is 0 Å². The normalized spacial score (nSPS) is 21.7. The van der Waals surface area contributed by atoms with E-state index in [1.165, 1.54) is 0 Å². The second-order valence-electron chi connectivity index (χ2n) is 5.08. The summed E-state index contributed by atoms with van der Waals surface area (Å²) in [4.78, 5) is 23.4. The Kier molecular flexibility index (Phi) is 2.89. The highest BCUT2D eigenvalue weighted by Crippen LogP contribution is 2.33. The molecule has 2 N–H and O–H groups in total. The second kappa shape index (κ2) is 4.57. The van der Waals surface area contributed by atoms with Crippen molar-refractivity contribution in [2.45, 2.75) is 32.3 Å². The zero-order valence-corrected chi connectivity index (χ0v) is 10.7. The lowest BCUT2D eigenvalue weighted by molar-refractivity contribution is -0.123. The Morgan fingerprint density at radius 1 is 1.42 bits per heavy atom. The molecule has 3 rings (SSSR count). The van der Waals surface area contributed by atoms with Gasteiger partial charge in [0.1, 0.15) is 5.75 Å². The maximum absolute atomic E-state index is 11.8. The zero-order chi connectivity index (χ0) is 13.4. The van der Waals surface area contributed by atoms with Crippen LogP contribution in [0.15, 0.2) is 18.2 Å². The summed E-state index contributed by atoms with van der Waals surface area (Å²) in [6, 6.07) is 5.29. The predicted molar refractivity (Wildman–Crippen MR) is 71.1 cm³/mol. The molecule has 2 aliphatic rings. The minimum Gasteiger partial charge on any atom is -0.479 e. The van der Waals surface area contributed by atoms with Crippen molar-refractivity contribution in [1.29, 1.82) is 0 Å². The highest BCUT2D eigenvalue weighted by Gasteiger charge is 2.26. The molecule has 2 amide bonds. The highest BCUT2D eigenvalue weighted by atomic mass is 16.5. The summed E-state index contributed by atoms with van der Waals surface area (Å²) in [5.74, 6) is 0.660. The fourth-order valence-electron chi connectivity index (χ4n) is 2.20. The van der Waals surface area contributed by atoms with E-state index in [1.807, 2.05) is 0 Å². The quantitative estimate of drug-likeness (QED) is 0.856. The monoisotopic (exact) mass is 260 g/mol. The molecule has 1 aliphatic carbocycles. The van der Waals surface area contributed by atoms with Gasteiger partial charge < -0.3 is 15.4 Å². The molecule has 1 aliphatic heterocycles. The molecule has 5 nitrogen and oxygen atoms in total. The molecule has 19 heavy (non-hydrogen) atoms. The Hall–Kier alpha value is -2.04. The zero-order valence-electron chi connectivity index (χ0n) is 10.7. The van der Waals surface area contributed by atoms with E-state index in [9.17, 15) is 9.59 Å². The smallest absolute Gasteiger partial charge is 0.265 e. The Morgan fingerprint density at radius 2 is 2.21 bits per heavy atom. The van der Waals surface area contributed by atoms with Gasteiger partial charge >= 0.3 is 0 Å². The Balaban J connectivity index is 1.75. The standard InChI is InChI=1S/C14H16N2O3/c1-8-13(17)16-11-7-10(5-6-12(11)19-8)15-14(18)9-3-2-4-9/h5-9H,2-4H2,1H3,(H,15,18)(H,16,17). The van der Waals surface area contributed by atoms with Crippen LogP contribution in [-0.2, 0) is 9.59 Å². The third-order valence-corrected chi connectivity index (χ3v) is 3.65. The number of benzene rings is 1. The molecule has 1 heterocycles. The summed E-state index contributed by atoms with van der Waals surface area (Å²) in [5.41, 5.74) is 1.30. The van der Waals surface area contributed by atoms with Gasteiger partial charge in [-0.15, -0.1) is 0 Å². The van der Waals surface area contributed by atoms with E-state index in [0.29, 0.717) is 17.1 Å². The number of anilines is 2. The molecule has 1 saturated carbocycles. The van der Waals surface area contributed by atoms with Gasteiger partial charge in [0.05, 0.1) is 5.69 Å². The Bertz CT molecular complexity index is 537. The number of carbonyl (C=O) groups is 2. The summed E-state index contributed by atoms with van der Waals surface area (Å²) >= 11 is 0. The lowest BCUT2D eigenvalue weighted by Crippen LogP contribution is -2.34. The van der Waals surface area contributed by atoms with E-state index < -0.39 is 6.10 Å². The molecule has 0 saturated heterocycles. The van der Waals surface area contributed by atoms with Crippen LogP contribution in [-0.4, -0.2) is 17.9 Å². The van der Waals surface area contributed by atoms with Gasteiger partial charge in [0.15, 0.2) is 6.10 Å². The van der Waals surface area contributed by atoms with Crippen LogP contribution >= 0.6 is 0 Å². The molecule has 1 unspecified atom stereocenters. The van der Waals surface area contributed by atoms with Crippen molar-refractivity contribution in [3.05, 3.63) is 18.2 Å². The van der Waals surface area contributed by atoms with Crippen LogP contribution in [0, 0.1) is 5.92 Å². The maximum atomic E-state index is 11.8. The Morgan fingerprint density at radius 3 is 2.89 bits per heavy atom. The van der Waals surface area contributed by atoms with Crippen molar-refractivity contribution >= 4 is 23.2 Å². The number of rotatable bonds is 2. The largest absolute Gasteiger partial charge is 0.479 e. The molecule has 1 atom stereocenters. The molecule has 1 aromatic carbocycles. The van der Waals surface area contributed by atoms with Gasteiger partial charge in [-0.2, -0.15) is 0 Å². The van der Waals surface area contributed by atoms with Crippen LogP contribution in [0.5, 0.6) is 5.75 Å². The molecule has 1 fully saturated rings. The van der Waals surface area contributed by atoms with Gasteiger partial charge in [0, 0.05) is 11.6 Å². The number of nitrogens with one attached hydrogen (secondary N) is 2. The maximum Gasteiger partial charge on any atom is 0.265 e. The van der Waals surface area contributed by atoms with Crippen molar-refractivity contribution in [3.8, 4) is 5.75 Å². The lowest BCUT2D eigenvalue weighted by atomic mass is 9.85. The molecule has 5 heteroatoms. The number of hydrogen-bond acceptors (Lipinski definition) is 3. The van der Waals surface area contributed by atoms with Crippen molar-refractivity contribution in [2.24, 2.45) is 5.92 Å². The topological polar surface area (TPSA) is 67.4 Å². The van der Waals surface area contributed by atoms with Gasteiger partial charge in [0.2, 0.25) is 5.91 Å². The number of carbonyl (C=O) groups excluding carboxylic acids is 2. The summed E-state index contributed by atoms with van der Waals surface area (Å²) in [6.07, 6.45) is 2.58. The summed E-state index contributed by atoms with van der Waals surface area (Å²) < 4.78 is 5.46. The predicted octanol–water partition coefficient (Wildman–Crippen LogP) is 2.14. The number of amides is 2. The first-order valence-electron chi connectivity index (χ1n) is 6.56. The van der Waals surface area contributed by atoms with Gasteiger partial charge in [-0.3, -0.25) is 9.59 Å². The fourth-order valence-corrected chi connectivity index (χ4v) is 2.20. The van der Waals surface area contributed by atoms with E-state index in [1.54, 1.807) is 25.1 Å². The first-order valence-corrected chi connectivity index (χ1v) is 6.56. The molecule has 1 aromatic rings. The highest BCUT2D eigenvalue weighted by molar-refractivity contribution is 5.99. The van der Waals surface area contributed by atoms with Crippen LogP contribution in [0.25, 0.3) is 0 Å². The van der Waals surface area contributed by atoms with E-state index in [4.69, 9.17) is 4.74 Å². The van der Waals surface area contributed by atoms with Crippen molar-refractivity contribution < 1.29 is 14.3 Å². The van der Waals surface area contributed by atoms with Crippen molar-refractivity contribution in [2.75, 3.05) is 10.6 Å². The summed E-state index contributed by atoms with van der Waals surface area (Å²) in [6.45, 7) is 1.70. The van der Waals surface area contributed by atoms with Crippen LogP contribution in [0.4, 0.5) is 11.4 Å². The van der Waals surface area contributed by atoms with Crippen molar-refractivity contribution in [1.82, 2.24) is 0 Å². The molecule has 0 radical (unpaired) electrons. The molecule has 0 aromatic heterocycles. The lowest BCUT2D eigenvalue weighted by Gasteiger charge is -2.26. The molecule has 0 spiro atoms. The Labute approximate surface area is 111 Å². The second-order valence-corrected chi connectivity index (χ2v) is 5.08. The van der Waals surface area contributed by atoms with E-state index in [0.717, 1.165) is 19.3 Å². The minimum atomic E-state index is -0.483. The average Bonchev–Trinajstić information content (AvgIpc) is 2.28. The van der Waals surface area contributed by atoms with Crippen LogP contribution in [0.2, 0.25) is 0 Å². The van der Waals surface area contributed by atoms with Gasteiger partial charge in [0.25, 0.3) is 5.91 Å². The van der Waals surface area contributed by atoms with E-state index >= 15 is 0 Å². The van der Waals surface area contributed by atoms with Crippen LogP contribution < -0.4 is 15.4 Å². The third-order valence-electron chi connectivity index (χ3n) is 3.65. The molecular formula is C14H16N2O3. The number of fused-ring (bicyclic) bond motifs is 1. The first kappa shape index (κ1) is 12.0. The minimum absolute atomic E-state index is 0.0580. The molecular weight excluding hydrogens is 244 g/mol. The van der Waals surface area contributed by atoms with Crippen LogP contribution in [0.1, 0.15) is 26.2 Å². The van der Waals surface area contributed by atoms with Gasteiger partial charge in [-0.1, -0.05) is 6.42 Å². The average molecular weight is 260 g/mol. The van der Waals surface area contributed by atoms with Crippen LogP contribution in [0.3, 0.4) is 0 Å². The van der Waals surface area contributed by atoms with E-state index in [-0.39, 0.29) is 17.7 Å². The summed E-state index contributed by atoms with van der Waals surface area (Å²) in [5, 5.41) is 5.64. The summed E-state index contributed by atoms with van der Waals surface area (Å²) in [7, 11) is 0. The SMILES string of the molecule is CC1Oc2ccc(NC(=O)C3CCC3)cc2NC1=O. The third kappa shape index (κ3) is 2.28. The molecule has 100 valence electrons. The van der Waals surface area contributed by atoms with Gasteiger partial charge in [-0.25, -0.2) is 0 Å². The number of hydrogen-bond donors (Lipinski definition) is 2.